The Morgan fingerprint density at radius 1 is 1.13 bits per heavy atom. The van der Waals surface area contributed by atoms with Crippen molar-refractivity contribution in [3.8, 4) is 5.75 Å². The number of ether oxygens (including phenoxy) is 1. The first kappa shape index (κ1) is 28.5. The number of rotatable bonds is 10. The van der Waals surface area contributed by atoms with E-state index in [0.717, 1.165) is 41.7 Å². The molecule has 1 aliphatic heterocycles. The number of aromatic nitrogens is 1. The Kier molecular flexibility index (Phi) is 9.07. The van der Waals surface area contributed by atoms with Gasteiger partial charge in [0, 0.05) is 31.7 Å². The Balaban J connectivity index is 1.65. The van der Waals surface area contributed by atoms with Gasteiger partial charge < -0.3 is 9.64 Å². The van der Waals surface area contributed by atoms with Crippen molar-refractivity contribution in [3.05, 3.63) is 47.5 Å². The maximum Gasteiger partial charge on any atom is 0.260 e. The van der Waals surface area contributed by atoms with Gasteiger partial charge in [-0.2, -0.15) is 4.31 Å². The van der Waals surface area contributed by atoms with Gasteiger partial charge in [-0.3, -0.25) is 9.69 Å². The van der Waals surface area contributed by atoms with E-state index >= 15 is 0 Å². The Hall–Kier alpha value is -2.53. The van der Waals surface area contributed by atoms with E-state index in [1.807, 2.05) is 19.1 Å². The summed E-state index contributed by atoms with van der Waals surface area (Å²) >= 11 is 1.47. The third-order valence-corrected chi connectivity index (χ3v) is 10.4. The van der Waals surface area contributed by atoms with Gasteiger partial charge in [0.05, 0.1) is 16.7 Å². The van der Waals surface area contributed by atoms with Crippen molar-refractivity contribution in [2.24, 2.45) is 5.92 Å². The Bertz CT molecular complexity index is 1370. The number of hydrogen-bond donors (Lipinski definition) is 0. The Morgan fingerprint density at radius 2 is 1.84 bits per heavy atom. The second-order valence-electron chi connectivity index (χ2n) is 9.88. The molecule has 0 saturated carbocycles. The third-order valence-electron chi connectivity index (χ3n) is 7.28. The first-order valence-corrected chi connectivity index (χ1v) is 15.5. The van der Waals surface area contributed by atoms with Gasteiger partial charge >= 0.3 is 0 Å². The number of carbonyl (C=O) groups excluding carboxylic acids is 1. The van der Waals surface area contributed by atoms with Crippen molar-refractivity contribution in [2.45, 2.75) is 45.4 Å². The number of fused-ring (bicyclic) bond motifs is 1. The van der Waals surface area contributed by atoms with E-state index in [9.17, 15) is 13.2 Å². The molecule has 0 bridgehead atoms. The highest BCUT2D eigenvalue weighted by atomic mass is 32.2. The SMILES string of the molecule is CCN(CC)CCN(C(=O)c1ccc(S(=O)(=O)N2CCCC(C)C2)cc1)c1nc2c(OC)ccc(C)c2s1. The highest BCUT2D eigenvalue weighted by Gasteiger charge is 2.29. The lowest BCUT2D eigenvalue weighted by Crippen LogP contribution is -2.39. The number of anilines is 1. The molecule has 4 rings (SSSR count). The predicted octanol–water partition coefficient (Wildman–Crippen LogP) is 5.02. The number of aryl methyl sites for hydroxylation is 1. The van der Waals surface area contributed by atoms with Crippen LogP contribution in [-0.2, 0) is 10.0 Å². The predicted molar refractivity (Wildman–Crippen MR) is 154 cm³/mol. The van der Waals surface area contributed by atoms with Crippen LogP contribution in [0.1, 0.15) is 49.5 Å². The zero-order valence-electron chi connectivity index (χ0n) is 22.9. The average Bonchev–Trinajstić information content (AvgIpc) is 3.37. The van der Waals surface area contributed by atoms with Crippen LogP contribution in [0.15, 0.2) is 41.3 Å². The highest BCUT2D eigenvalue weighted by Crippen LogP contribution is 2.37. The van der Waals surface area contributed by atoms with Crippen molar-refractivity contribution in [1.82, 2.24) is 14.2 Å². The molecule has 38 heavy (non-hydrogen) atoms. The molecule has 8 nitrogen and oxygen atoms in total. The minimum Gasteiger partial charge on any atom is -0.494 e. The van der Waals surface area contributed by atoms with Gasteiger partial charge in [-0.05, 0) is 74.7 Å². The molecule has 1 unspecified atom stereocenters. The van der Waals surface area contributed by atoms with Crippen molar-refractivity contribution >= 4 is 42.6 Å². The molecule has 206 valence electrons. The van der Waals surface area contributed by atoms with E-state index in [4.69, 9.17) is 9.72 Å². The van der Waals surface area contributed by atoms with Crippen LogP contribution in [-0.4, -0.2) is 74.9 Å². The van der Waals surface area contributed by atoms with E-state index < -0.39 is 10.0 Å². The van der Waals surface area contributed by atoms with Crippen LogP contribution in [0.5, 0.6) is 5.75 Å². The third kappa shape index (κ3) is 5.88. The molecule has 1 aromatic heterocycles. The van der Waals surface area contributed by atoms with Gasteiger partial charge in [0.2, 0.25) is 10.0 Å². The van der Waals surface area contributed by atoms with Crippen LogP contribution >= 0.6 is 11.3 Å². The van der Waals surface area contributed by atoms with Gasteiger partial charge in [0.25, 0.3) is 5.91 Å². The molecule has 0 radical (unpaired) electrons. The molecule has 1 saturated heterocycles. The average molecular weight is 559 g/mol. The largest absolute Gasteiger partial charge is 0.494 e. The van der Waals surface area contributed by atoms with Gasteiger partial charge in [-0.15, -0.1) is 0 Å². The summed E-state index contributed by atoms with van der Waals surface area (Å²) in [7, 11) is -1.97. The normalized spacial score (nSPS) is 16.7. The van der Waals surface area contributed by atoms with Crippen LogP contribution in [0.25, 0.3) is 10.2 Å². The zero-order valence-corrected chi connectivity index (χ0v) is 24.6. The van der Waals surface area contributed by atoms with E-state index in [2.05, 4.69) is 25.7 Å². The number of carbonyl (C=O) groups is 1. The fourth-order valence-electron chi connectivity index (χ4n) is 4.88. The van der Waals surface area contributed by atoms with Crippen molar-refractivity contribution in [3.63, 3.8) is 0 Å². The topological polar surface area (TPSA) is 83.1 Å². The number of methoxy groups -OCH3 is 1. The Morgan fingerprint density at radius 3 is 2.47 bits per heavy atom. The van der Waals surface area contributed by atoms with Crippen molar-refractivity contribution in [1.29, 1.82) is 0 Å². The van der Waals surface area contributed by atoms with Crippen molar-refractivity contribution < 1.29 is 17.9 Å². The Labute approximate surface area is 230 Å². The van der Waals surface area contributed by atoms with E-state index in [1.54, 1.807) is 40.6 Å². The molecule has 0 N–H and O–H groups in total. The van der Waals surface area contributed by atoms with Crippen LogP contribution < -0.4 is 9.64 Å². The molecule has 1 aliphatic rings. The molecule has 1 amide bonds. The first-order valence-electron chi connectivity index (χ1n) is 13.3. The number of likely N-dealkylation sites (N-methyl/N-ethyl adjacent to an activating group) is 1. The standard InChI is InChI=1S/C28H38N4O4S2/c1-6-30(7-2)17-18-32(28-29-25-24(36-5)15-10-21(4)26(25)37-28)27(33)22-11-13-23(14-12-22)38(34,35)31-16-8-9-20(3)19-31/h10-15,20H,6-9,16-19H2,1-5H3. The lowest BCUT2D eigenvalue weighted by Gasteiger charge is -2.30. The summed E-state index contributed by atoms with van der Waals surface area (Å²) in [5.74, 6) is 0.809. The molecule has 3 aromatic rings. The smallest absolute Gasteiger partial charge is 0.260 e. The van der Waals surface area contributed by atoms with Gasteiger partial charge in [0.1, 0.15) is 11.3 Å². The maximum absolute atomic E-state index is 13.8. The number of sulfonamides is 1. The minimum atomic E-state index is -3.59. The fraction of sp³-hybridized carbons (Fsp3) is 0.500. The highest BCUT2D eigenvalue weighted by molar-refractivity contribution is 7.89. The number of benzene rings is 2. The molecular formula is C28H38N4O4S2. The number of thiazole rings is 1. The molecule has 2 aromatic carbocycles. The van der Waals surface area contributed by atoms with Crippen LogP contribution in [0.2, 0.25) is 0 Å². The molecular weight excluding hydrogens is 520 g/mol. The zero-order chi connectivity index (χ0) is 27.4. The summed E-state index contributed by atoms with van der Waals surface area (Å²) in [5.41, 5.74) is 2.24. The summed E-state index contributed by atoms with van der Waals surface area (Å²) in [6.07, 6.45) is 1.91. The number of hydrogen-bond acceptors (Lipinski definition) is 7. The molecule has 0 spiro atoms. The van der Waals surface area contributed by atoms with Gasteiger partial charge in [0.15, 0.2) is 5.13 Å². The summed E-state index contributed by atoms with van der Waals surface area (Å²) in [6.45, 7) is 12.3. The lowest BCUT2D eigenvalue weighted by atomic mass is 10.0. The molecule has 1 fully saturated rings. The van der Waals surface area contributed by atoms with Crippen LogP contribution in [0.3, 0.4) is 0 Å². The molecule has 1 atom stereocenters. The van der Waals surface area contributed by atoms with Gasteiger partial charge in [-0.25, -0.2) is 13.4 Å². The van der Waals surface area contributed by atoms with E-state index in [1.165, 1.54) is 11.3 Å². The maximum atomic E-state index is 13.8. The van der Waals surface area contributed by atoms with Crippen molar-refractivity contribution in [2.75, 3.05) is 51.3 Å². The second-order valence-corrected chi connectivity index (χ2v) is 12.8. The molecule has 2 heterocycles. The number of nitrogens with zero attached hydrogens (tertiary/aromatic N) is 4. The summed E-state index contributed by atoms with van der Waals surface area (Å²) < 4.78 is 34.5. The molecule has 10 heteroatoms. The monoisotopic (exact) mass is 558 g/mol. The quantitative estimate of drug-likeness (QED) is 0.347. The number of amides is 1. The lowest BCUT2D eigenvalue weighted by molar-refractivity contribution is 0.0983. The minimum absolute atomic E-state index is 0.205. The summed E-state index contributed by atoms with van der Waals surface area (Å²) in [6, 6.07) is 10.2. The van der Waals surface area contributed by atoms with Crippen LogP contribution in [0, 0.1) is 12.8 Å². The summed E-state index contributed by atoms with van der Waals surface area (Å²) in [5, 5.41) is 0.601. The van der Waals surface area contributed by atoms with E-state index in [-0.39, 0.29) is 10.8 Å². The number of piperidine rings is 1. The fourth-order valence-corrected chi connectivity index (χ4v) is 7.56. The van der Waals surface area contributed by atoms with Crippen LogP contribution in [0.4, 0.5) is 5.13 Å². The summed E-state index contributed by atoms with van der Waals surface area (Å²) in [4.78, 5) is 22.8. The van der Waals surface area contributed by atoms with Gasteiger partial charge in [-0.1, -0.05) is 38.2 Å². The first-order chi connectivity index (χ1) is 18.2. The molecule has 0 aliphatic carbocycles. The van der Waals surface area contributed by atoms with E-state index in [0.29, 0.717) is 48.5 Å². The second kappa shape index (κ2) is 12.1.